The van der Waals surface area contributed by atoms with Crippen LogP contribution in [0.25, 0.3) is 0 Å². The highest BCUT2D eigenvalue weighted by molar-refractivity contribution is 5.92. The van der Waals surface area contributed by atoms with E-state index in [1.165, 1.54) is 31.2 Å². The molecule has 0 saturated heterocycles. The van der Waals surface area contributed by atoms with Crippen LogP contribution in [0, 0.1) is 6.92 Å². The van der Waals surface area contributed by atoms with E-state index in [1.54, 1.807) is 6.07 Å². The molecular weight excluding hydrogens is 540 g/mol. The van der Waals surface area contributed by atoms with Gasteiger partial charge >= 0.3 is 18.4 Å². The molecule has 0 radical (unpaired) electrons. The molecule has 2 aromatic carbocycles. The minimum absolute atomic E-state index is 0.121. The van der Waals surface area contributed by atoms with Gasteiger partial charge in [-0.2, -0.15) is 13.2 Å². The van der Waals surface area contributed by atoms with E-state index in [1.807, 2.05) is 0 Å². The number of carbonyl (C=O) groups is 2. The Morgan fingerprint density at radius 1 is 0.897 bits per heavy atom. The first-order valence-corrected chi connectivity index (χ1v) is 11.2. The number of rotatable bonds is 8. The Labute approximate surface area is 216 Å². The van der Waals surface area contributed by atoms with Crippen molar-refractivity contribution in [2.24, 2.45) is 0 Å². The molecule has 1 aromatic heterocycles. The van der Waals surface area contributed by atoms with Gasteiger partial charge in [0.1, 0.15) is 5.69 Å². The predicted octanol–water partition coefficient (Wildman–Crippen LogP) is 6.99. The number of pyridine rings is 1. The second-order valence-electron chi connectivity index (χ2n) is 8.61. The van der Waals surface area contributed by atoms with E-state index in [0.717, 1.165) is 18.2 Å². The van der Waals surface area contributed by atoms with Crippen molar-refractivity contribution in [2.45, 2.75) is 44.7 Å². The lowest BCUT2D eigenvalue weighted by Crippen LogP contribution is -2.42. The highest BCUT2D eigenvalue weighted by atomic mass is 19.4. The number of alkyl halides is 8. The maximum atomic E-state index is 15.1. The number of aryl methyl sites for hydroxylation is 2. The van der Waals surface area contributed by atoms with Gasteiger partial charge in [-0.1, -0.05) is 36.4 Å². The number of halogens is 8. The Balaban J connectivity index is 1.91. The summed E-state index contributed by atoms with van der Waals surface area (Å²) >= 11 is 0. The van der Waals surface area contributed by atoms with Crippen molar-refractivity contribution in [2.75, 3.05) is 0 Å². The van der Waals surface area contributed by atoms with Gasteiger partial charge in [0.2, 0.25) is 0 Å². The van der Waals surface area contributed by atoms with Crippen LogP contribution in [0.3, 0.4) is 0 Å². The summed E-state index contributed by atoms with van der Waals surface area (Å²) in [6.45, 7) is 0.273. The van der Waals surface area contributed by atoms with Gasteiger partial charge in [-0.05, 0) is 48.7 Å². The van der Waals surface area contributed by atoms with Crippen LogP contribution in [0.2, 0.25) is 0 Å². The summed E-state index contributed by atoms with van der Waals surface area (Å²) in [5.41, 5.74) is -4.59. The van der Waals surface area contributed by atoms with Crippen LogP contribution in [0.15, 0.2) is 60.7 Å². The zero-order chi connectivity index (χ0) is 29.2. The summed E-state index contributed by atoms with van der Waals surface area (Å²) < 4.78 is 112. The van der Waals surface area contributed by atoms with Crippen molar-refractivity contribution in [3.8, 4) is 0 Å². The number of hydrogen-bond donors (Lipinski definition) is 1. The summed E-state index contributed by atoms with van der Waals surface area (Å²) in [6, 6.07) is 10.4. The van der Waals surface area contributed by atoms with Gasteiger partial charge in [0.05, 0.1) is 17.7 Å². The summed E-state index contributed by atoms with van der Waals surface area (Å²) in [5.74, 6) is -7.20. The fraction of sp³-hybridized carbons (Fsp3) is 0.269. The predicted molar refractivity (Wildman–Crippen MR) is 122 cm³/mol. The van der Waals surface area contributed by atoms with Crippen molar-refractivity contribution >= 4 is 11.9 Å². The van der Waals surface area contributed by atoms with E-state index in [9.17, 15) is 35.9 Å². The van der Waals surface area contributed by atoms with E-state index >= 15 is 8.78 Å². The Morgan fingerprint density at radius 3 is 2.10 bits per heavy atom. The van der Waals surface area contributed by atoms with Crippen LogP contribution in [-0.2, 0) is 25.1 Å². The Morgan fingerprint density at radius 2 is 1.54 bits per heavy atom. The third-order valence-electron chi connectivity index (χ3n) is 5.70. The van der Waals surface area contributed by atoms with Gasteiger partial charge in [0.25, 0.3) is 11.8 Å². The third kappa shape index (κ3) is 7.30. The van der Waals surface area contributed by atoms with Crippen LogP contribution in [-0.4, -0.2) is 33.2 Å². The van der Waals surface area contributed by atoms with Crippen LogP contribution >= 0.6 is 0 Å². The Hall–Kier alpha value is -4.03. The number of aromatic carboxylic acids is 1. The number of carboxylic acid groups (broad SMARTS) is 1. The SMILES string of the molecule is Cc1cc(C(F)(F)CCc2ccc(C(=O)O)cc2C(F)(F)F)cc(C(=O)N(Cc2ccccc2)C(F)(F)F)n1. The minimum atomic E-state index is -5.17. The molecule has 0 atom stereocenters. The quantitative estimate of drug-likeness (QED) is 0.238. The minimum Gasteiger partial charge on any atom is -0.478 e. The largest absolute Gasteiger partial charge is 0.487 e. The Bertz CT molecular complexity index is 1360. The summed E-state index contributed by atoms with van der Waals surface area (Å²) in [4.78, 5) is 27.0. The fourth-order valence-electron chi connectivity index (χ4n) is 3.80. The normalized spacial score (nSPS) is 12.3. The van der Waals surface area contributed by atoms with Crippen molar-refractivity contribution in [1.82, 2.24) is 9.88 Å². The van der Waals surface area contributed by atoms with Gasteiger partial charge in [0, 0.05) is 17.7 Å². The first-order valence-electron chi connectivity index (χ1n) is 11.2. The van der Waals surface area contributed by atoms with Gasteiger partial charge in [-0.3, -0.25) is 4.79 Å². The zero-order valence-electron chi connectivity index (χ0n) is 20.1. The Kier molecular flexibility index (Phi) is 8.32. The summed E-state index contributed by atoms with van der Waals surface area (Å²) in [6.07, 6.45) is -12.3. The highest BCUT2D eigenvalue weighted by Crippen LogP contribution is 2.38. The second-order valence-corrected chi connectivity index (χ2v) is 8.61. The average molecular weight is 560 g/mol. The highest BCUT2D eigenvalue weighted by Gasteiger charge is 2.43. The van der Waals surface area contributed by atoms with Crippen molar-refractivity contribution in [3.63, 3.8) is 0 Å². The molecule has 13 heteroatoms. The molecule has 0 unspecified atom stereocenters. The number of amides is 1. The van der Waals surface area contributed by atoms with Gasteiger partial charge in [-0.15, -0.1) is 13.2 Å². The molecule has 5 nitrogen and oxygen atoms in total. The molecular formula is C26H20F8N2O3. The molecule has 0 aliphatic heterocycles. The average Bonchev–Trinajstić information content (AvgIpc) is 2.84. The molecule has 3 rings (SSSR count). The van der Waals surface area contributed by atoms with Gasteiger partial charge < -0.3 is 5.11 Å². The van der Waals surface area contributed by atoms with Gasteiger partial charge in [-0.25, -0.2) is 23.5 Å². The molecule has 0 fully saturated rings. The number of nitrogens with zero attached hydrogens (tertiary/aromatic N) is 2. The first kappa shape index (κ1) is 29.5. The topological polar surface area (TPSA) is 70.5 Å². The monoisotopic (exact) mass is 560 g/mol. The summed E-state index contributed by atoms with van der Waals surface area (Å²) in [7, 11) is 0. The second kappa shape index (κ2) is 11.0. The lowest BCUT2D eigenvalue weighted by atomic mass is 9.95. The van der Waals surface area contributed by atoms with Crippen molar-refractivity contribution < 1.29 is 49.8 Å². The molecule has 1 amide bonds. The number of hydrogen-bond acceptors (Lipinski definition) is 3. The van der Waals surface area contributed by atoms with E-state index in [-0.39, 0.29) is 11.3 Å². The van der Waals surface area contributed by atoms with Crippen molar-refractivity contribution in [1.29, 1.82) is 0 Å². The maximum Gasteiger partial charge on any atom is 0.487 e. The van der Waals surface area contributed by atoms with E-state index in [4.69, 9.17) is 5.11 Å². The van der Waals surface area contributed by atoms with E-state index < -0.39 is 82.5 Å². The maximum absolute atomic E-state index is 15.1. The number of aromatic nitrogens is 1. The molecule has 208 valence electrons. The standard InChI is InChI=1S/C26H20F8N2O3/c1-15-11-19(13-21(35-15)22(37)36(26(32,33)34)14-16-5-3-2-4-6-16)24(27,28)10-9-17-7-8-18(23(38)39)12-20(17)25(29,30)31/h2-8,11-13H,9-10,14H2,1H3,(H,38,39). The molecule has 0 bridgehead atoms. The van der Waals surface area contributed by atoms with E-state index in [2.05, 4.69) is 4.98 Å². The summed E-state index contributed by atoms with van der Waals surface area (Å²) in [5, 5.41) is 8.95. The third-order valence-corrected chi connectivity index (χ3v) is 5.70. The van der Waals surface area contributed by atoms with Crippen molar-refractivity contribution in [3.05, 3.63) is 99.9 Å². The molecule has 0 aliphatic carbocycles. The van der Waals surface area contributed by atoms with E-state index in [0.29, 0.717) is 12.1 Å². The fourth-order valence-corrected chi connectivity index (χ4v) is 3.80. The molecule has 1 heterocycles. The molecule has 0 aliphatic rings. The number of benzene rings is 2. The number of carboxylic acids is 1. The molecule has 39 heavy (non-hydrogen) atoms. The molecule has 3 aromatic rings. The zero-order valence-corrected chi connectivity index (χ0v) is 20.1. The van der Waals surface area contributed by atoms with Crippen LogP contribution < -0.4 is 0 Å². The lowest BCUT2D eigenvalue weighted by Gasteiger charge is -2.25. The van der Waals surface area contributed by atoms with Crippen LogP contribution in [0.5, 0.6) is 0 Å². The first-order chi connectivity index (χ1) is 18.0. The van der Waals surface area contributed by atoms with Crippen LogP contribution in [0.4, 0.5) is 35.1 Å². The smallest absolute Gasteiger partial charge is 0.478 e. The molecule has 1 N–H and O–H groups in total. The van der Waals surface area contributed by atoms with Crippen LogP contribution in [0.1, 0.15) is 55.2 Å². The number of carbonyl (C=O) groups excluding carboxylic acids is 1. The van der Waals surface area contributed by atoms with Gasteiger partial charge in [0.15, 0.2) is 0 Å². The molecule has 0 spiro atoms. The lowest BCUT2D eigenvalue weighted by molar-refractivity contribution is -0.228. The molecule has 0 saturated carbocycles.